The molecule has 2 N–H and O–H groups in total. The molecule has 0 radical (unpaired) electrons. The summed E-state index contributed by atoms with van der Waals surface area (Å²) in [6.45, 7) is 3.55. The Bertz CT molecular complexity index is 1210. The van der Waals surface area contributed by atoms with Crippen molar-refractivity contribution in [2.45, 2.75) is 32.1 Å². The van der Waals surface area contributed by atoms with Gasteiger partial charge in [-0.05, 0) is 24.1 Å². The minimum atomic E-state index is -4.78. The summed E-state index contributed by atoms with van der Waals surface area (Å²) in [5, 5.41) is 11.8. The Morgan fingerprint density at radius 3 is 2.24 bits per heavy atom. The Kier molecular flexibility index (Phi) is 6.62. The van der Waals surface area contributed by atoms with Crippen molar-refractivity contribution in [3.63, 3.8) is 0 Å². The van der Waals surface area contributed by atoms with Crippen molar-refractivity contribution in [1.29, 1.82) is 0 Å². The summed E-state index contributed by atoms with van der Waals surface area (Å²) in [6, 6.07) is 3.31. The maximum absolute atomic E-state index is 13.0. The molecule has 5 nitrogen and oxygen atoms in total. The first kappa shape index (κ1) is 24.8. The molecule has 0 atom stereocenters. The monoisotopic (exact) mass is 509 g/mol. The number of aromatic carboxylic acids is 1. The van der Waals surface area contributed by atoms with Gasteiger partial charge in [0.05, 0.1) is 21.7 Å². The Hall–Kier alpha value is -2.86. The van der Waals surface area contributed by atoms with Crippen LogP contribution in [0.15, 0.2) is 30.5 Å². The number of carboxylic acids is 1. The van der Waals surface area contributed by atoms with Gasteiger partial charge in [-0.15, -0.1) is 0 Å². The number of anilines is 2. The molecule has 3 rings (SSSR count). The number of halogens is 7. The predicted molar refractivity (Wildman–Crippen MR) is 111 cm³/mol. The van der Waals surface area contributed by atoms with Crippen LogP contribution in [-0.2, 0) is 12.4 Å². The third-order valence-electron chi connectivity index (χ3n) is 4.41. The van der Waals surface area contributed by atoms with Crippen LogP contribution in [0, 0.1) is 0 Å². The molecule has 0 bridgehead atoms. The van der Waals surface area contributed by atoms with Crippen molar-refractivity contribution in [2.75, 3.05) is 5.32 Å². The van der Waals surface area contributed by atoms with E-state index < -0.39 is 35.0 Å². The Morgan fingerprint density at radius 1 is 1.09 bits per heavy atom. The maximum atomic E-state index is 13.0. The molecule has 0 aliphatic rings. The van der Waals surface area contributed by atoms with Crippen LogP contribution in [-0.4, -0.2) is 21.0 Å². The summed E-state index contributed by atoms with van der Waals surface area (Å²) in [5.41, 5.74) is -2.15. The number of nitrogens with zero attached hydrogens (tertiary/aromatic N) is 2. The highest BCUT2D eigenvalue weighted by Crippen LogP contribution is 2.43. The van der Waals surface area contributed by atoms with Gasteiger partial charge in [0.15, 0.2) is 5.13 Å². The average molecular weight is 510 g/mol. The van der Waals surface area contributed by atoms with E-state index in [-0.39, 0.29) is 27.5 Å². The van der Waals surface area contributed by atoms with Gasteiger partial charge in [-0.3, -0.25) is 0 Å². The van der Waals surface area contributed by atoms with Crippen molar-refractivity contribution in [3.8, 4) is 10.4 Å². The molecule has 2 aromatic heterocycles. The van der Waals surface area contributed by atoms with E-state index in [9.17, 15) is 36.2 Å². The molecule has 0 aliphatic carbocycles. The fraction of sp³-hybridized carbons (Fsp3) is 0.250. The predicted octanol–water partition coefficient (Wildman–Crippen LogP) is 7.46. The number of aromatic nitrogens is 2. The third kappa shape index (κ3) is 5.38. The quantitative estimate of drug-likeness (QED) is 0.349. The first-order valence-corrected chi connectivity index (χ1v) is 10.3. The molecule has 0 saturated carbocycles. The summed E-state index contributed by atoms with van der Waals surface area (Å²) >= 11 is 7.06. The molecule has 1 aromatic carbocycles. The molecular weight excluding hydrogens is 496 g/mol. The number of benzene rings is 1. The highest BCUT2D eigenvalue weighted by molar-refractivity contribution is 7.19. The molecule has 0 unspecified atom stereocenters. The van der Waals surface area contributed by atoms with Crippen LogP contribution in [0.25, 0.3) is 10.4 Å². The van der Waals surface area contributed by atoms with E-state index in [0.29, 0.717) is 22.8 Å². The standard InChI is InChI=1S/C20H14ClF6N3O2S/c1-8(2)14-15(11-4-3-9(6-13(11)21)19(22,23)24)33-18(29-14)30-16-12(17(31)32)5-10(7-28-16)20(25,26)27/h3-8H,1-2H3,(H,31,32)(H,28,29,30). The fourth-order valence-electron chi connectivity index (χ4n) is 2.83. The molecule has 13 heteroatoms. The van der Waals surface area contributed by atoms with Crippen LogP contribution in [0.1, 0.15) is 46.9 Å². The average Bonchev–Trinajstić information content (AvgIpc) is 3.10. The zero-order chi connectivity index (χ0) is 24.7. The Labute approximate surface area is 192 Å². The summed E-state index contributed by atoms with van der Waals surface area (Å²) in [4.78, 5) is 19.8. The van der Waals surface area contributed by atoms with Crippen LogP contribution in [0.5, 0.6) is 0 Å². The Morgan fingerprint density at radius 2 is 1.73 bits per heavy atom. The van der Waals surface area contributed by atoms with E-state index in [1.54, 1.807) is 13.8 Å². The Balaban J connectivity index is 2.05. The second-order valence-electron chi connectivity index (χ2n) is 7.13. The van der Waals surface area contributed by atoms with E-state index in [0.717, 1.165) is 23.5 Å². The molecular formula is C20H14ClF6N3O2S. The van der Waals surface area contributed by atoms with Gasteiger partial charge < -0.3 is 10.4 Å². The molecule has 0 aliphatic heterocycles. The van der Waals surface area contributed by atoms with Gasteiger partial charge in [0.1, 0.15) is 11.4 Å². The first-order valence-electron chi connectivity index (χ1n) is 9.14. The lowest BCUT2D eigenvalue weighted by atomic mass is 10.0. The van der Waals surface area contributed by atoms with Crippen LogP contribution in [0.2, 0.25) is 5.02 Å². The second-order valence-corrected chi connectivity index (χ2v) is 8.53. The van der Waals surface area contributed by atoms with E-state index >= 15 is 0 Å². The molecule has 33 heavy (non-hydrogen) atoms. The molecule has 0 spiro atoms. The highest BCUT2D eigenvalue weighted by atomic mass is 35.5. The molecule has 0 fully saturated rings. The number of nitrogens with one attached hydrogen (secondary N) is 1. The van der Waals surface area contributed by atoms with Crippen molar-refractivity contribution in [3.05, 3.63) is 57.9 Å². The minimum absolute atomic E-state index is 0.0828. The topological polar surface area (TPSA) is 75.1 Å². The van der Waals surface area contributed by atoms with Gasteiger partial charge in [-0.1, -0.05) is 42.9 Å². The SMILES string of the molecule is CC(C)c1nc(Nc2ncc(C(F)(F)F)cc2C(=O)O)sc1-c1ccc(C(F)(F)F)cc1Cl. The second kappa shape index (κ2) is 8.82. The fourth-order valence-corrected chi connectivity index (χ4v) is 4.32. The van der Waals surface area contributed by atoms with Gasteiger partial charge in [-0.2, -0.15) is 26.3 Å². The third-order valence-corrected chi connectivity index (χ3v) is 5.74. The number of rotatable bonds is 5. The van der Waals surface area contributed by atoms with Crippen LogP contribution in [0.4, 0.5) is 37.3 Å². The number of carbonyl (C=O) groups is 1. The van der Waals surface area contributed by atoms with Gasteiger partial charge in [-0.25, -0.2) is 14.8 Å². The molecule has 2 heterocycles. The maximum Gasteiger partial charge on any atom is 0.417 e. The van der Waals surface area contributed by atoms with E-state index in [4.69, 9.17) is 11.6 Å². The molecule has 0 amide bonds. The lowest BCUT2D eigenvalue weighted by molar-refractivity contribution is -0.138. The number of hydrogen-bond acceptors (Lipinski definition) is 5. The molecule has 3 aromatic rings. The molecule has 0 saturated heterocycles. The van der Waals surface area contributed by atoms with E-state index in [1.807, 2.05) is 0 Å². The van der Waals surface area contributed by atoms with Crippen molar-refractivity contribution in [1.82, 2.24) is 9.97 Å². The van der Waals surface area contributed by atoms with Gasteiger partial charge in [0.2, 0.25) is 0 Å². The highest BCUT2D eigenvalue weighted by Gasteiger charge is 2.33. The number of carboxylic acid groups (broad SMARTS) is 1. The van der Waals surface area contributed by atoms with Gasteiger partial charge in [0.25, 0.3) is 0 Å². The van der Waals surface area contributed by atoms with Crippen LogP contribution in [0.3, 0.4) is 0 Å². The summed E-state index contributed by atoms with van der Waals surface area (Å²) in [5.74, 6) is -2.21. The molecule has 176 valence electrons. The summed E-state index contributed by atoms with van der Waals surface area (Å²) in [7, 11) is 0. The number of hydrogen-bond donors (Lipinski definition) is 2. The van der Waals surface area contributed by atoms with Gasteiger partial charge in [0, 0.05) is 16.8 Å². The largest absolute Gasteiger partial charge is 0.478 e. The van der Waals surface area contributed by atoms with Crippen LogP contribution < -0.4 is 5.32 Å². The van der Waals surface area contributed by atoms with Crippen molar-refractivity contribution in [2.24, 2.45) is 0 Å². The zero-order valence-corrected chi connectivity index (χ0v) is 18.3. The number of alkyl halides is 6. The zero-order valence-electron chi connectivity index (χ0n) is 16.8. The normalized spacial score (nSPS) is 12.3. The summed E-state index contributed by atoms with van der Waals surface area (Å²) < 4.78 is 77.6. The minimum Gasteiger partial charge on any atom is -0.478 e. The van der Waals surface area contributed by atoms with E-state index in [2.05, 4.69) is 15.3 Å². The smallest absolute Gasteiger partial charge is 0.417 e. The lowest BCUT2D eigenvalue weighted by Crippen LogP contribution is -2.11. The van der Waals surface area contributed by atoms with Crippen molar-refractivity contribution < 1.29 is 36.2 Å². The summed E-state index contributed by atoms with van der Waals surface area (Å²) in [6.07, 6.45) is -8.88. The first-order chi connectivity index (χ1) is 15.2. The number of thiazole rings is 1. The van der Waals surface area contributed by atoms with Crippen molar-refractivity contribution >= 4 is 39.9 Å². The van der Waals surface area contributed by atoms with Gasteiger partial charge >= 0.3 is 18.3 Å². The lowest BCUT2D eigenvalue weighted by Gasteiger charge is -2.11. The van der Waals surface area contributed by atoms with E-state index in [1.165, 1.54) is 6.07 Å². The van der Waals surface area contributed by atoms with Crippen LogP contribution >= 0.6 is 22.9 Å². The number of pyridine rings is 1.